The van der Waals surface area contributed by atoms with Gasteiger partial charge in [-0.15, -0.1) is 0 Å². The van der Waals surface area contributed by atoms with Crippen molar-refractivity contribution in [2.75, 3.05) is 38.0 Å². The summed E-state index contributed by atoms with van der Waals surface area (Å²) in [5.41, 5.74) is 6.19. The van der Waals surface area contributed by atoms with Gasteiger partial charge in [0.15, 0.2) is 6.54 Å². The molecule has 1 aliphatic heterocycles. The number of carbonyl (C=O) groups is 1. The van der Waals surface area contributed by atoms with Crippen LogP contribution in [0.2, 0.25) is 0 Å². The summed E-state index contributed by atoms with van der Waals surface area (Å²) in [4.78, 5) is 15.4. The summed E-state index contributed by atoms with van der Waals surface area (Å²) in [5.74, 6) is 0.116. The molecule has 0 radical (unpaired) electrons. The Morgan fingerprint density at radius 1 is 0.885 bits per heavy atom. The summed E-state index contributed by atoms with van der Waals surface area (Å²) in [5, 5.41) is 3.05. The summed E-state index contributed by atoms with van der Waals surface area (Å²) in [7, 11) is 0. The minimum Gasteiger partial charge on any atom is -0.322 e. The molecule has 1 fully saturated rings. The summed E-state index contributed by atoms with van der Waals surface area (Å²) in [6.45, 7) is 12.4. The van der Waals surface area contributed by atoms with Gasteiger partial charge >= 0.3 is 0 Å². The maximum Gasteiger partial charge on any atom is 0.279 e. The van der Waals surface area contributed by atoms with Crippen LogP contribution in [0.5, 0.6) is 0 Å². The lowest BCUT2D eigenvalue weighted by atomic mass is 10.1. The first kappa shape index (κ1) is 18.6. The Bertz CT molecular complexity index is 764. The monoisotopic (exact) mass is 353 g/mol. The molecular weight excluding hydrogens is 322 g/mol. The third-order valence-corrected chi connectivity index (χ3v) is 5.57. The van der Waals surface area contributed by atoms with Crippen LogP contribution in [-0.4, -0.2) is 38.6 Å². The molecule has 3 N–H and O–H groups in total. The molecule has 0 spiro atoms. The Morgan fingerprint density at radius 3 is 2.27 bits per heavy atom. The van der Waals surface area contributed by atoms with Crippen LogP contribution in [0.25, 0.3) is 0 Å². The van der Waals surface area contributed by atoms with Crippen LogP contribution < -0.4 is 15.1 Å². The Hall–Kier alpha value is -2.17. The van der Waals surface area contributed by atoms with Gasteiger partial charge in [0.1, 0.15) is 32.7 Å². The van der Waals surface area contributed by atoms with E-state index >= 15 is 0 Å². The maximum absolute atomic E-state index is 12.4. The first-order valence-electron chi connectivity index (χ1n) is 9.60. The fourth-order valence-corrected chi connectivity index (χ4v) is 3.64. The highest BCUT2D eigenvalue weighted by Gasteiger charge is 2.25. The fourth-order valence-electron chi connectivity index (χ4n) is 3.64. The second kappa shape index (κ2) is 8.47. The van der Waals surface area contributed by atoms with Crippen LogP contribution >= 0.6 is 0 Å². The van der Waals surface area contributed by atoms with Crippen molar-refractivity contribution in [2.24, 2.45) is 0 Å². The fraction of sp³-hybridized carbons (Fsp3) is 0.409. The number of piperazine rings is 1. The molecule has 0 aromatic heterocycles. The number of quaternary nitrogens is 2. The molecule has 1 saturated heterocycles. The lowest BCUT2D eigenvalue weighted by Gasteiger charge is -2.29. The van der Waals surface area contributed by atoms with E-state index in [4.69, 9.17) is 0 Å². The summed E-state index contributed by atoms with van der Waals surface area (Å²) in [6.07, 6.45) is 0. The predicted octanol–water partition coefficient (Wildman–Crippen LogP) is 0.534. The zero-order valence-corrected chi connectivity index (χ0v) is 16.2. The topological polar surface area (TPSA) is 38.0 Å². The Labute approximate surface area is 156 Å². The van der Waals surface area contributed by atoms with E-state index in [1.807, 2.05) is 12.1 Å². The van der Waals surface area contributed by atoms with Gasteiger partial charge in [-0.05, 0) is 49.6 Å². The van der Waals surface area contributed by atoms with Gasteiger partial charge in [-0.3, -0.25) is 4.79 Å². The summed E-state index contributed by atoms with van der Waals surface area (Å²) in [6, 6.07) is 14.7. The Morgan fingerprint density at radius 2 is 1.58 bits per heavy atom. The zero-order valence-electron chi connectivity index (χ0n) is 16.2. The van der Waals surface area contributed by atoms with Gasteiger partial charge in [-0.1, -0.05) is 30.3 Å². The molecule has 0 bridgehead atoms. The number of hydrogen-bond acceptors (Lipinski definition) is 1. The smallest absolute Gasteiger partial charge is 0.279 e. The minimum absolute atomic E-state index is 0.116. The highest BCUT2D eigenvalue weighted by atomic mass is 16.2. The van der Waals surface area contributed by atoms with Gasteiger partial charge < -0.3 is 15.1 Å². The van der Waals surface area contributed by atoms with Crippen LogP contribution in [0, 0.1) is 20.8 Å². The molecule has 3 rings (SSSR count). The SMILES string of the molecule is Cc1ccc(NC(=O)C[NH+]2CC[NH+](Cc3ccccc3C)CC2)cc1C. The number of hydrogen-bond donors (Lipinski definition) is 3. The molecule has 0 saturated carbocycles. The van der Waals surface area contributed by atoms with Gasteiger partial charge in [0.05, 0.1) is 0 Å². The van der Waals surface area contributed by atoms with Gasteiger partial charge in [0, 0.05) is 11.3 Å². The van der Waals surface area contributed by atoms with Crippen molar-refractivity contribution in [1.82, 2.24) is 0 Å². The number of benzene rings is 2. The molecule has 1 amide bonds. The van der Waals surface area contributed by atoms with Crippen molar-refractivity contribution in [3.63, 3.8) is 0 Å². The lowest BCUT2D eigenvalue weighted by Crippen LogP contribution is -3.28. The van der Waals surface area contributed by atoms with Crippen LogP contribution in [0.4, 0.5) is 5.69 Å². The highest BCUT2D eigenvalue weighted by Crippen LogP contribution is 2.13. The van der Waals surface area contributed by atoms with Gasteiger partial charge in [-0.2, -0.15) is 0 Å². The molecule has 0 atom stereocenters. The number of nitrogens with one attached hydrogen (secondary N) is 3. The van der Waals surface area contributed by atoms with Crippen molar-refractivity contribution in [3.8, 4) is 0 Å². The largest absolute Gasteiger partial charge is 0.322 e. The summed E-state index contributed by atoms with van der Waals surface area (Å²) < 4.78 is 0. The van der Waals surface area contributed by atoms with Crippen molar-refractivity contribution < 1.29 is 14.6 Å². The first-order valence-corrected chi connectivity index (χ1v) is 9.60. The molecule has 26 heavy (non-hydrogen) atoms. The first-order chi connectivity index (χ1) is 12.5. The molecule has 1 aliphatic rings. The van der Waals surface area contributed by atoms with E-state index in [2.05, 4.69) is 56.4 Å². The van der Waals surface area contributed by atoms with E-state index in [9.17, 15) is 4.79 Å². The normalized spacial score (nSPS) is 20.0. The average Bonchev–Trinajstić information content (AvgIpc) is 2.62. The second-order valence-electron chi connectivity index (χ2n) is 7.63. The molecule has 138 valence electrons. The van der Waals surface area contributed by atoms with E-state index in [0.29, 0.717) is 6.54 Å². The molecule has 2 aromatic carbocycles. The Balaban J connectivity index is 1.45. The highest BCUT2D eigenvalue weighted by molar-refractivity contribution is 5.91. The van der Waals surface area contributed by atoms with Crippen molar-refractivity contribution >= 4 is 11.6 Å². The molecule has 1 heterocycles. The predicted molar refractivity (Wildman–Crippen MR) is 106 cm³/mol. The third-order valence-electron chi connectivity index (χ3n) is 5.57. The molecule has 2 aromatic rings. The standard InChI is InChI=1S/C22H29N3O/c1-17-8-9-21(14-19(17)3)23-22(26)16-25-12-10-24(11-13-25)15-20-7-5-4-6-18(20)2/h4-9,14H,10-13,15-16H2,1-3H3,(H,23,26)/p+2. The maximum atomic E-state index is 12.4. The minimum atomic E-state index is 0.116. The molecular formula is C22H31N3O+2. The van der Waals surface area contributed by atoms with E-state index in [-0.39, 0.29) is 5.91 Å². The molecule has 4 nitrogen and oxygen atoms in total. The van der Waals surface area contributed by atoms with Gasteiger partial charge in [0.25, 0.3) is 5.91 Å². The van der Waals surface area contributed by atoms with Crippen LogP contribution in [-0.2, 0) is 11.3 Å². The van der Waals surface area contributed by atoms with E-state index in [1.54, 1.807) is 4.90 Å². The van der Waals surface area contributed by atoms with Gasteiger partial charge in [-0.25, -0.2) is 0 Å². The van der Waals surface area contributed by atoms with Gasteiger partial charge in [0.2, 0.25) is 0 Å². The van der Waals surface area contributed by atoms with Crippen molar-refractivity contribution in [2.45, 2.75) is 27.3 Å². The zero-order chi connectivity index (χ0) is 18.5. The number of amides is 1. The van der Waals surface area contributed by atoms with Crippen molar-refractivity contribution in [3.05, 3.63) is 64.7 Å². The average molecular weight is 354 g/mol. The van der Waals surface area contributed by atoms with Crippen LogP contribution in [0.3, 0.4) is 0 Å². The molecule has 4 heteroatoms. The lowest BCUT2D eigenvalue weighted by molar-refractivity contribution is -1.02. The second-order valence-corrected chi connectivity index (χ2v) is 7.63. The molecule has 0 aliphatic carbocycles. The Kier molecular flexibility index (Phi) is 6.07. The number of anilines is 1. The number of rotatable bonds is 5. The molecule has 0 unspecified atom stereocenters. The number of aryl methyl sites for hydroxylation is 3. The van der Waals surface area contributed by atoms with Crippen molar-refractivity contribution in [1.29, 1.82) is 0 Å². The summed E-state index contributed by atoms with van der Waals surface area (Å²) >= 11 is 0. The number of carbonyl (C=O) groups excluding carboxylic acids is 1. The van der Waals surface area contributed by atoms with E-state index < -0.39 is 0 Å². The van der Waals surface area contributed by atoms with E-state index in [1.165, 1.54) is 27.2 Å². The van der Waals surface area contributed by atoms with Crippen LogP contribution in [0.1, 0.15) is 22.3 Å². The quantitative estimate of drug-likeness (QED) is 0.721. The van der Waals surface area contributed by atoms with E-state index in [0.717, 1.165) is 38.4 Å². The third kappa shape index (κ3) is 4.93. The van der Waals surface area contributed by atoms with Crippen LogP contribution in [0.15, 0.2) is 42.5 Å².